The first-order valence-electron chi connectivity index (χ1n) is 6.56. The lowest BCUT2D eigenvalue weighted by atomic mass is 10.2. The van der Waals surface area contributed by atoms with Crippen LogP contribution >= 0.6 is 0 Å². The van der Waals surface area contributed by atoms with Crippen LogP contribution in [0.4, 0.5) is 10.1 Å². The molecule has 1 aliphatic rings. The number of hydrogen-bond acceptors (Lipinski definition) is 3. The molecule has 1 aromatic carbocycles. The Morgan fingerprint density at radius 3 is 2.53 bits per heavy atom. The van der Waals surface area contributed by atoms with Gasteiger partial charge in [0.25, 0.3) is 0 Å². The van der Waals surface area contributed by atoms with Crippen molar-refractivity contribution in [2.45, 2.75) is 6.54 Å². The smallest absolute Gasteiger partial charge is 0.146 e. The zero-order valence-electron chi connectivity index (χ0n) is 10.8. The highest BCUT2D eigenvalue weighted by Crippen LogP contribution is 2.20. The van der Waals surface area contributed by atoms with Crippen LogP contribution in [-0.4, -0.2) is 31.1 Å². The van der Waals surface area contributed by atoms with Crippen LogP contribution in [0.2, 0.25) is 0 Å². The molecule has 0 spiro atoms. The van der Waals surface area contributed by atoms with Gasteiger partial charge in [-0.25, -0.2) is 4.39 Å². The Kier molecular flexibility index (Phi) is 3.51. The van der Waals surface area contributed by atoms with E-state index in [2.05, 4.69) is 9.80 Å². The highest BCUT2D eigenvalue weighted by Gasteiger charge is 2.19. The van der Waals surface area contributed by atoms with Gasteiger partial charge < -0.3 is 9.32 Å². The van der Waals surface area contributed by atoms with Gasteiger partial charge in [0.1, 0.15) is 5.82 Å². The van der Waals surface area contributed by atoms with E-state index in [4.69, 9.17) is 4.42 Å². The van der Waals surface area contributed by atoms with Crippen LogP contribution in [0, 0.1) is 5.82 Å². The molecular formula is C15H17FN2O. The maximum absolute atomic E-state index is 13.7. The molecule has 0 N–H and O–H groups in total. The molecule has 2 aromatic rings. The summed E-state index contributed by atoms with van der Waals surface area (Å²) in [6, 6.07) is 8.97. The van der Waals surface area contributed by atoms with Crippen molar-refractivity contribution < 1.29 is 8.81 Å². The Labute approximate surface area is 112 Å². The van der Waals surface area contributed by atoms with Gasteiger partial charge >= 0.3 is 0 Å². The number of piperazine rings is 1. The molecule has 0 unspecified atom stereocenters. The molecule has 0 radical (unpaired) electrons. The first kappa shape index (κ1) is 12.2. The molecule has 2 heterocycles. The molecular weight excluding hydrogens is 243 g/mol. The minimum Gasteiger partial charge on any atom is -0.472 e. The van der Waals surface area contributed by atoms with Crippen LogP contribution in [0.3, 0.4) is 0 Å². The Morgan fingerprint density at radius 2 is 1.84 bits per heavy atom. The monoisotopic (exact) mass is 260 g/mol. The number of benzene rings is 1. The van der Waals surface area contributed by atoms with E-state index in [0.717, 1.165) is 32.7 Å². The fourth-order valence-corrected chi connectivity index (χ4v) is 2.50. The maximum atomic E-state index is 13.7. The molecule has 0 saturated carbocycles. The average molecular weight is 260 g/mol. The number of anilines is 1. The number of halogens is 1. The highest BCUT2D eigenvalue weighted by molar-refractivity contribution is 5.47. The van der Waals surface area contributed by atoms with E-state index < -0.39 is 0 Å². The van der Waals surface area contributed by atoms with Crippen molar-refractivity contribution in [3.63, 3.8) is 0 Å². The topological polar surface area (TPSA) is 19.6 Å². The summed E-state index contributed by atoms with van der Waals surface area (Å²) in [4.78, 5) is 4.48. The number of furan rings is 1. The zero-order chi connectivity index (χ0) is 13.1. The highest BCUT2D eigenvalue weighted by atomic mass is 19.1. The molecule has 1 fully saturated rings. The SMILES string of the molecule is Fc1ccccc1N1CCN(Cc2ccoc2)CC1. The summed E-state index contributed by atoms with van der Waals surface area (Å²) >= 11 is 0. The van der Waals surface area contributed by atoms with Crippen molar-refractivity contribution >= 4 is 5.69 Å². The Balaban J connectivity index is 1.59. The first-order valence-corrected chi connectivity index (χ1v) is 6.56. The molecule has 1 aliphatic heterocycles. The van der Waals surface area contributed by atoms with Crippen molar-refractivity contribution in [2.75, 3.05) is 31.1 Å². The summed E-state index contributed by atoms with van der Waals surface area (Å²) in [6.07, 6.45) is 3.48. The number of nitrogens with zero attached hydrogens (tertiary/aromatic N) is 2. The molecule has 1 aromatic heterocycles. The Morgan fingerprint density at radius 1 is 1.05 bits per heavy atom. The van der Waals surface area contributed by atoms with E-state index in [1.807, 2.05) is 18.2 Å². The van der Waals surface area contributed by atoms with Gasteiger partial charge in [0.2, 0.25) is 0 Å². The number of rotatable bonds is 3. The predicted molar refractivity (Wildman–Crippen MR) is 72.6 cm³/mol. The third-order valence-electron chi connectivity index (χ3n) is 3.55. The van der Waals surface area contributed by atoms with Crippen LogP contribution in [0.1, 0.15) is 5.56 Å². The van der Waals surface area contributed by atoms with Crippen LogP contribution in [-0.2, 0) is 6.54 Å². The fraction of sp³-hybridized carbons (Fsp3) is 0.333. The average Bonchev–Trinajstić information content (AvgIpc) is 2.93. The molecule has 0 atom stereocenters. The van der Waals surface area contributed by atoms with E-state index in [-0.39, 0.29) is 5.82 Å². The summed E-state index contributed by atoms with van der Waals surface area (Å²) in [7, 11) is 0. The van der Waals surface area contributed by atoms with Crippen LogP contribution < -0.4 is 4.90 Å². The molecule has 19 heavy (non-hydrogen) atoms. The molecule has 4 heteroatoms. The molecule has 100 valence electrons. The van der Waals surface area contributed by atoms with E-state index in [1.165, 1.54) is 11.6 Å². The van der Waals surface area contributed by atoms with Gasteiger partial charge in [0.15, 0.2) is 0 Å². The summed E-state index contributed by atoms with van der Waals surface area (Å²) in [5.41, 5.74) is 1.91. The second-order valence-corrected chi connectivity index (χ2v) is 4.85. The molecule has 0 bridgehead atoms. The van der Waals surface area contributed by atoms with E-state index in [0.29, 0.717) is 5.69 Å². The second-order valence-electron chi connectivity index (χ2n) is 4.85. The zero-order valence-corrected chi connectivity index (χ0v) is 10.8. The van der Waals surface area contributed by atoms with Crippen molar-refractivity contribution in [3.8, 4) is 0 Å². The van der Waals surface area contributed by atoms with Crippen molar-refractivity contribution in [1.82, 2.24) is 4.90 Å². The van der Waals surface area contributed by atoms with E-state index in [1.54, 1.807) is 18.6 Å². The summed E-state index contributed by atoms with van der Waals surface area (Å²) in [5.74, 6) is -0.134. The minimum absolute atomic E-state index is 0.134. The molecule has 0 amide bonds. The molecule has 1 saturated heterocycles. The van der Waals surface area contributed by atoms with Gasteiger partial charge in [-0.2, -0.15) is 0 Å². The number of hydrogen-bond donors (Lipinski definition) is 0. The minimum atomic E-state index is -0.134. The van der Waals surface area contributed by atoms with Crippen LogP contribution in [0.25, 0.3) is 0 Å². The van der Waals surface area contributed by atoms with Crippen LogP contribution in [0.15, 0.2) is 47.3 Å². The fourth-order valence-electron chi connectivity index (χ4n) is 2.50. The van der Waals surface area contributed by atoms with Crippen LogP contribution in [0.5, 0.6) is 0 Å². The normalized spacial score (nSPS) is 16.8. The second kappa shape index (κ2) is 5.45. The standard InChI is InChI=1S/C15H17FN2O/c16-14-3-1-2-4-15(14)18-8-6-17(7-9-18)11-13-5-10-19-12-13/h1-5,10,12H,6-9,11H2. The summed E-state index contributed by atoms with van der Waals surface area (Å²) in [6.45, 7) is 4.51. The van der Waals surface area contributed by atoms with Crippen molar-refractivity contribution in [2.24, 2.45) is 0 Å². The van der Waals surface area contributed by atoms with Gasteiger partial charge in [-0.1, -0.05) is 12.1 Å². The lowest BCUT2D eigenvalue weighted by Crippen LogP contribution is -2.46. The van der Waals surface area contributed by atoms with Gasteiger partial charge in [-0.15, -0.1) is 0 Å². The summed E-state index contributed by atoms with van der Waals surface area (Å²) in [5, 5.41) is 0. The van der Waals surface area contributed by atoms with Gasteiger partial charge in [-0.05, 0) is 18.2 Å². The van der Waals surface area contributed by atoms with Crippen molar-refractivity contribution in [3.05, 3.63) is 54.2 Å². The Bertz CT molecular complexity index is 519. The third kappa shape index (κ3) is 2.79. The largest absolute Gasteiger partial charge is 0.472 e. The predicted octanol–water partition coefficient (Wildman–Crippen LogP) is 2.74. The Hall–Kier alpha value is -1.81. The lowest BCUT2D eigenvalue weighted by Gasteiger charge is -2.36. The first-order chi connectivity index (χ1) is 9.33. The van der Waals surface area contributed by atoms with E-state index in [9.17, 15) is 4.39 Å². The van der Waals surface area contributed by atoms with Gasteiger partial charge in [0.05, 0.1) is 18.2 Å². The summed E-state index contributed by atoms with van der Waals surface area (Å²) < 4.78 is 18.8. The van der Waals surface area contributed by atoms with Crippen molar-refractivity contribution in [1.29, 1.82) is 0 Å². The van der Waals surface area contributed by atoms with E-state index >= 15 is 0 Å². The van der Waals surface area contributed by atoms with Gasteiger partial charge in [0, 0.05) is 38.3 Å². The molecule has 3 rings (SSSR count). The van der Waals surface area contributed by atoms with Gasteiger partial charge in [-0.3, -0.25) is 4.90 Å². The quantitative estimate of drug-likeness (QED) is 0.846. The maximum Gasteiger partial charge on any atom is 0.146 e. The lowest BCUT2D eigenvalue weighted by molar-refractivity contribution is 0.248. The molecule has 3 nitrogen and oxygen atoms in total. The third-order valence-corrected chi connectivity index (χ3v) is 3.55. The number of para-hydroxylation sites is 1. The molecule has 0 aliphatic carbocycles.